The van der Waals surface area contributed by atoms with Gasteiger partial charge in [0.1, 0.15) is 23.7 Å². The van der Waals surface area contributed by atoms with Gasteiger partial charge in [-0.05, 0) is 26.6 Å². The number of allylic oxidation sites excluding steroid dienone is 1. The maximum atomic E-state index is 8.85. The summed E-state index contributed by atoms with van der Waals surface area (Å²) in [7, 11) is 7.66. The maximum Gasteiger partial charge on any atom is 0.195 e. The van der Waals surface area contributed by atoms with E-state index in [4.69, 9.17) is 14.9 Å². The fraction of sp³-hybridized carbons (Fsp3) is 0.500. The molecule has 0 aliphatic carbocycles. The number of hydrogen-bond donors (Lipinski definition) is 2. The molecule has 7 nitrogen and oxygen atoms in total. The number of hydrogen-bond acceptors (Lipinski definition) is 7. The number of nitrogens with zero attached hydrogens (tertiary/aromatic N) is 4. The van der Waals surface area contributed by atoms with Gasteiger partial charge in [-0.15, -0.1) is 0 Å². The Hall–Kier alpha value is -2.64. The van der Waals surface area contributed by atoms with Gasteiger partial charge in [-0.1, -0.05) is 0 Å². The summed E-state index contributed by atoms with van der Waals surface area (Å²) in [6.07, 6.45) is 0.843. The molecule has 0 spiro atoms. The Morgan fingerprint density at radius 2 is 1.91 bits per heavy atom. The monoisotopic (exact) mass is 316 g/mol. The predicted octanol–water partition coefficient (Wildman–Crippen LogP) is 1.24. The average molecular weight is 316 g/mol. The number of anilines is 1. The van der Waals surface area contributed by atoms with E-state index < -0.39 is 0 Å². The van der Waals surface area contributed by atoms with Crippen LogP contribution in [0.15, 0.2) is 27.9 Å². The van der Waals surface area contributed by atoms with Crippen LogP contribution in [0.2, 0.25) is 0 Å². The molecule has 2 N–H and O–H groups in total. The van der Waals surface area contributed by atoms with E-state index in [-0.39, 0.29) is 5.57 Å². The molecule has 1 rings (SSSR count). The summed E-state index contributed by atoms with van der Waals surface area (Å²) < 4.78 is 5.78. The second-order valence-corrected chi connectivity index (χ2v) is 5.40. The van der Waals surface area contributed by atoms with Crippen molar-refractivity contribution in [2.24, 2.45) is 0 Å². The standard InChI is InChI=1S/C16H24N6O/c1-19-16(13(10-17)11-18)20-8-5-9-22(4)15-7-6-14(23-15)12-21(2)3/h6-7,19-20H,5,8-9,12H2,1-4H3. The van der Waals surface area contributed by atoms with Crippen molar-refractivity contribution in [2.75, 3.05) is 46.2 Å². The second-order valence-electron chi connectivity index (χ2n) is 5.40. The molecule has 7 heteroatoms. The zero-order chi connectivity index (χ0) is 17.2. The minimum absolute atomic E-state index is 0.0558. The number of nitriles is 2. The van der Waals surface area contributed by atoms with Gasteiger partial charge in [0.2, 0.25) is 0 Å². The third-order valence-electron chi connectivity index (χ3n) is 3.19. The van der Waals surface area contributed by atoms with Crippen molar-refractivity contribution < 1.29 is 4.42 Å². The van der Waals surface area contributed by atoms with E-state index >= 15 is 0 Å². The molecule has 0 aliphatic heterocycles. The van der Waals surface area contributed by atoms with Crippen molar-refractivity contribution >= 4 is 5.88 Å². The molecule has 0 unspecified atom stereocenters. The minimum Gasteiger partial charge on any atom is -0.444 e. The van der Waals surface area contributed by atoms with Crippen LogP contribution in [-0.2, 0) is 6.54 Å². The molecule has 1 heterocycles. The van der Waals surface area contributed by atoms with Gasteiger partial charge >= 0.3 is 0 Å². The van der Waals surface area contributed by atoms with Gasteiger partial charge < -0.3 is 24.9 Å². The Morgan fingerprint density at radius 3 is 2.48 bits per heavy atom. The van der Waals surface area contributed by atoms with Crippen LogP contribution in [0.1, 0.15) is 12.2 Å². The predicted molar refractivity (Wildman–Crippen MR) is 89.3 cm³/mol. The van der Waals surface area contributed by atoms with Crippen molar-refractivity contribution in [2.45, 2.75) is 13.0 Å². The topological polar surface area (TPSA) is 91.3 Å². The molecule has 23 heavy (non-hydrogen) atoms. The van der Waals surface area contributed by atoms with E-state index in [0.29, 0.717) is 12.4 Å². The van der Waals surface area contributed by atoms with Crippen LogP contribution in [0.4, 0.5) is 5.88 Å². The van der Waals surface area contributed by atoms with E-state index in [0.717, 1.165) is 31.2 Å². The maximum absolute atomic E-state index is 8.85. The molecule has 0 radical (unpaired) electrons. The number of furan rings is 1. The molecule has 0 atom stereocenters. The third-order valence-corrected chi connectivity index (χ3v) is 3.19. The molecule has 0 bridgehead atoms. The molecule has 1 aromatic rings. The highest BCUT2D eigenvalue weighted by molar-refractivity contribution is 5.38. The molecule has 0 fully saturated rings. The summed E-state index contributed by atoms with van der Waals surface area (Å²) in [6.45, 7) is 2.23. The molecule has 0 saturated carbocycles. The zero-order valence-corrected chi connectivity index (χ0v) is 14.2. The van der Waals surface area contributed by atoms with Gasteiger partial charge in [0, 0.05) is 33.3 Å². The van der Waals surface area contributed by atoms with Crippen molar-refractivity contribution in [3.05, 3.63) is 29.3 Å². The van der Waals surface area contributed by atoms with Crippen LogP contribution in [0.5, 0.6) is 0 Å². The Balaban J connectivity index is 2.44. The second kappa shape index (κ2) is 9.39. The first kappa shape index (κ1) is 18.4. The van der Waals surface area contributed by atoms with E-state index in [9.17, 15) is 0 Å². The van der Waals surface area contributed by atoms with Gasteiger partial charge in [-0.3, -0.25) is 0 Å². The first-order valence-corrected chi connectivity index (χ1v) is 7.42. The first-order chi connectivity index (χ1) is 11.0. The van der Waals surface area contributed by atoms with Crippen molar-refractivity contribution in [3.63, 3.8) is 0 Å². The fourth-order valence-corrected chi connectivity index (χ4v) is 2.05. The molecular formula is C16H24N6O. The lowest BCUT2D eigenvalue weighted by atomic mass is 10.3. The van der Waals surface area contributed by atoms with Crippen LogP contribution in [0.25, 0.3) is 0 Å². The average Bonchev–Trinajstić information content (AvgIpc) is 2.98. The smallest absolute Gasteiger partial charge is 0.195 e. The summed E-state index contributed by atoms with van der Waals surface area (Å²) in [6, 6.07) is 7.67. The van der Waals surface area contributed by atoms with Crippen molar-refractivity contribution in [1.29, 1.82) is 10.5 Å². The van der Waals surface area contributed by atoms with Gasteiger partial charge in [0.25, 0.3) is 0 Å². The lowest BCUT2D eigenvalue weighted by Gasteiger charge is -2.17. The molecule has 0 aliphatic rings. The molecular weight excluding hydrogens is 292 g/mol. The van der Waals surface area contributed by atoms with Gasteiger partial charge in [0.05, 0.1) is 6.54 Å². The Labute approximate surface area is 137 Å². The summed E-state index contributed by atoms with van der Waals surface area (Å²) in [5, 5.41) is 23.6. The lowest BCUT2D eigenvalue weighted by Crippen LogP contribution is -2.28. The Bertz CT molecular complexity index is 589. The third kappa shape index (κ3) is 5.93. The molecule has 0 amide bonds. The summed E-state index contributed by atoms with van der Waals surface area (Å²) in [5.74, 6) is 2.23. The van der Waals surface area contributed by atoms with Crippen LogP contribution in [0.3, 0.4) is 0 Å². The van der Waals surface area contributed by atoms with Crippen LogP contribution < -0.4 is 15.5 Å². The van der Waals surface area contributed by atoms with Gasteiger partial charge in [0.15, 0.2) is 11.5 Å². The van der Waals surface area contributed by atoms with E-state index in [1.807, 2.05) is 50.3 Å². The molecule has 1 aromatic heterocycles. The highest BCUT2D eigenvalue weighted by Gasteiger charge is 2.08. The quantitative estimate of drug-likeness (QED) is 0.523. The SMILES string of the molecule is CNC(NCCCN(C)c1ccc(CN(C)C)o1)=C(C#N)C#N. The molecule has 124 valence electrons. The minimum atomic E-state index is 0.0558. The van der Waals surface area contributed by atoms with E-state index in [2.05, 4.69) is 15.5 Å². The highest BCUT2D eigenvalue weighted by Crippen LogP contribution is 2.18. The van der Waals surface area contributed by atoms with Crippen molar-refractivity contribution in [1.82, 2.24) is 15.5 Å². The molecule has 0 aromatic carbocycles. The van der Waals surface area contributed by atoms with Crippen LogP contribution in [-0.4, -0.2) is 46.2 Å². The van der Waals surface area contributed by atoms with Gasteiger partial charge in [-0.25, -0.2) is 0 Å². The Kier molecular flexibility index (Phi) is 7.52. The highest BCUT2D eigenvalue weighted by atomic mass is 16.4. The van der Waals surface area contributed by atoms with Crippen LogP contribution in [0, 0.1) is 22.7 Å². The first-order valence-electron chi connectivity index (χ1n) is 7.42. The van der Waals surface area contributed by atoms with Crippen molar-refractivity contribution in [3.8, 4) is 12.1 Å². The van der Waals surface area contributed by atoms with Gasteiger partial charge in [-0.2, -0.15) is 10.5 Å². The van der Waals surface area contributed by atoms with E-state index in [1.165, 1.54) is 0 Å². The summed E-state index contributed by atoms with van der Waals surface area (Å²) in [4.78, 5) is 4.10. The molecule has 0 saturated heterocycles. The van der Waals surface area contributed by atoms with E-state index in [1.54, 1.807) is 7.05 Å². The Morgan fingerprint density at radius 1 is 1.22 bits per heavy atom. The normalized spacial score (nSPS) is 9.87. The largest absolute Gasteiger partial charge is 0.444 e. The fourth-order valence-electron chi connectivity index (χ4n) is 2.05. The van der Waals surface area contributed by atoms with Crippen LogP contribution >= 0.6 is 0 Å². The summed E-state index contributed by atoms with van der Waals surface area (Å²) >= 11 is 0. The number of rotatable bonds is 9. The summed E-state index contributed by atoms with van der Waals surface area (Å²) in [5.41, 5.74) is 0.0558. The zero-order valence-electron chi connectivity index (χ0n) is 14.2. The number of nitrogens with one attached hydrogen (secondary N) is 2. The lowest BCUT2D eigenvalue weighted by molar-refractivity contribution is 0.351.